The number of aromatic nitrogens is 1. The van der Waals surface area contributed by atoms with Crippen LogP contribution in [0.2, 0.25) is 0 Å². The predicted molar refractivity (Wildman–Crippen MR) is 111 cm³/mol. The van der Waals surface area contributed by atoms with E-state index in [1.54, 1.807) is 20.8 Å². The Hall–Kier alpha value is -3.56. The van der Waals surface area contributed by atoms with Crippen LogP contribution in [0, 0.1) is 18.2 Å². The molecule has 1 heterocycles. The van der Waals surface area contributed by atoms with Crippen molar-refractivity contribution in [3.63, 3.8) is 0 Å². The van der Waals surface area contributed by atoms with Crippen molar-refractivity contribution in [1.29, 1.82) is 0 Å². The first-order valence-corrected chi connectivity index (χ1v) is 9.79. The fourth-order valence-electron chi connectivity index (χ4n) is 3.95. The number of fused-ring (bicyclic) bond motifs is 1. The zero-order chi connectivity index (χ0) is 24.9. The van der Waals surface area contributed by atoms with Gasteiger partial charge in [0.2, 0.25) is 0 Å². The van der Waals surface area contributed by atoms with E-state index < -0.39 is 46.9 Å². The average molecular weight is 467 g/mol. The van der Waals surface area contributed by atoms with E-state index in [0.717, 1.165) is 34.9 Å². The Kier molecular flexibility index (Phi) is 5.91. The number of benzene rings is 2. The Bertz CT molecular complexity index is 1240. The van der Waals surface area contributed by atoms with Gasteiger partial charge in [-0.05, 0) is 54.3 Å². The number of halogens is 4. The summed E-state index contributed by atoms with van der Waals surface area (Å²) in [6.45, 7) is 6.40. The quantitative estimate of drug-likeness (QED) is 0.488. The number of nitrogens with zero attached hydrogens (tertiary/aromatic N) is 1. The summed E-state index contributed by atoms with van der Waals surface area (Å²) in [4.78, 5) is 25.5. The molecule has 0 bridgehead atoms. The van der Waals surface area contributed by atoms with Crippen LogP contribution in [0.1, 0.15) is 48.3 Å². The second-order valence-electron chi connectivity index (χ2n) is 8.64. The molecule has 0 saturated heterocycles. The van der Waals surface area contributed by atoms with Crippen LogP contribution in [0.5, 0.6) is 11.5 Å². The lowest BCUT2D eigenvalue weighted by atomic mass is 9.75. The van der Waals surface area contributed by atoms with Gasteiger partial charge in [0.25, 0.3) is 5.91 Å². The third-order valence-electron chi connectivity index (χ3n) is 5.27. The number of hydrogen-bond donors (Lipinski definition) is 2. The molecular weight excluding hydrogens is 446 g/mol. The fraction of sp³-hybridized carbons (Fsp3) is 0.304. The first-order chi connectivity index (χ1) is 15.1. The molecule has 6 nitrogen and oxygen atoms in total. The predicted octanol–water partition coefficient (Wildman–Crippen LogP) is 5.60. The number of carbonyl (C=O) groups excluding carboxylic acids is 1. The molecule has 0 fully saturated rings. The van der Waals surface area contributed by atoms with E-state index in [4.69, 9.17) is 0 Å². The van der Waals surface area contributed by atoms with Gasteiger partial charge in [-0.3, -0.25) is 14.2 Å². The normalized spacial score (nSPS) is 13.2. The molecule has 0 aliphatic heterocycles. The van der Waals surface area contributed by atoms with Gasteiger partial charge in [-0.25, -0.2) is 4.39 Å². The lowest BCUT2D eigenvalue weighted by molar-refractivity contribution is -0.274. The van der Waals surface area contributed by atoms with Crippen LogP contribution in [0.3, 0.4) is 0 Å². The molecule has 2 aromatic carbocycles. The number of phenols is 1. The van der Waals surface area contributed by atoms with Crippen LogP contribution in [0.15, 0.2) is 36.4 Å². The minimum atomic E-state index is -4.90. The highest BCUT2D eigenvalue weighted by Gasteiger charge is 2.39. The van der Waals surface area contributed by atoms with Gasteiger partial charge in [0.15, 0.2) is 11.6 Å². The van der Waals surface area contributed by atoms with Gasteiger partial charge in [-0.1, -0.05) is 20.8 Å². The molecule has 0 amide bonds. The molecule has 0 spiro atoms. The molecule has 2 N–H and O–H groups in total. The van der Waals surface area contributed by atoms with Crippen LogP contribution >= 0.6 is 0 Å². The smallest absolute Gasteiger partial charge is 0.505 e. The molecule has 1 unspecified atom stereocenters. The zero-order valence-corrected chi connectivity index (χ0v) is 18.1. The SMILES string of the molecule is Cc1c(C(C(=O)O)C(C)(C)C)c2c(F)c(O)ccc2n1C(=O)c1ccc(OC(F)(F)F)cc1. The van der Waals surface area contributed by atoms with Gasteiger partial charge in [0.1, 0.15) is 5.75 Å². The summed E-state index contributed by atoms with van der Waals surface area (Å²) in [5.74, 6) is -5.49. The van der Waals surface area contributed by atoms with Crippen molar-refractivity contribution in [2.24, 2.45) is 5.41 Å². The van der Waals surface area contributed by atoms with Crippen molar-refractivity contribution < 1.29 is 42.1 Å². The van der Waals surface area contributed by atoms with E-state index in [1.807, 2.05) is 0 Å². The maximum absolute atomic E-state index is 15.0. The van der Waals surface area contributed by atoms with E-state index >= 15 is 4.39 Å². The maximum atomic E-state index is 15.0. The second-order valence-corrected chi connectivity index (χ2v) is 8.64. The molecule has 0 radical (unpaired) electrons. The van der Waals surface area contributed by atoms with Crippen LogP contribution in [0.4, 0.5) is 17.6 Å². The van der Waals surface area contributed by atoms with E-state index in [2.05, 4.69) is 4.74 Å². The van der Waals surface area contributed by atoms with E-state index in [-0.39, 0.29) is 27.7 Å². The Morgan fingerprint density at radius 3 is 2.09 bits per heavy atom. The summed E-state index contributed by atoms with van der Waals surface area (Å²) in [5, 5.41) is 19.6. The van der Waals surface area contributed by atoms with Crippen molar-refractivity contribution in [2.45, 2.75) is 40.0 Å². The fourth-order valence-corrected chi connectivity index (χ4v) is 3.95. The topological polar surface area (TPSA) is 88.8 Å². The van der Waals surface area contributed by atoms with Gasteiger partial charge >= 0.3 is 12.3 Å². The van der Waals surface area contributed by atoms with Gasteiger partial charge in [-0.2, -0.15) is 0 Å². The van der Waals surface area contributed by atoms with Gasteiger partial charge in [0.05, 0.1) is 11.4 Å². The summed E-state index contributed by atoms with van der Waals surface area (Å²) in [6.07, 6.45) is -4.90. The number of hydrogen-bond acceptors (Lipinski definition) is 4. The monoisotopic (exact) mass is 467 g/mol. The number of rotatable bonds is 4. The Morgan fingerprint density at radius 2 is 1.61 bits per heavy atom. The zero-order valence-electron chi connectivity index (χ0n) is 18.1. The summed E-state index contributed by atoms with van der Waals surface area (Å²) in [6, 6.07) is 6.48. The number of ether oxygens (including phenoxy) is 1. The molecule has 0 saturated carbocycles. The molecule has 33 heavy (non-hydrogen) atoms. The maximum Gasteiger partial charge on any atom is 0.573 e. The first-order valence-electron chi connectivity index (χ1n) is 9.79. The highest BCUT2D eigenvalue weighted by atomic mass is 19.4. The highest BCUT2D eigenvalue weighted by Crippen LogP contribution is 2.44. The molecule has 3 rings (SSSR count). The number of carboxylic acids is 1. The van der Waals surface area contributed by atoms with Crippen molar-refractivity contribution in [3.05, 3.63) is 59.0 Å². The Balaban J connectivity index is 2.24. The summed E-state index contributed by atoms with van der Waals surface area (Å²) < 4.78 is 57.2. The van der Waals surface area contributed by atoms with Gasteiger partial charge in [0, 0.05) is 16.6 Å². The number of aliphatic carboxylic acids is 1. The van der Waals surface area contributed by atoms with Gasteiger partial charge in [-0.15, -0.1) is 13.2 Å². The molecular formula is C23H21F4NO5. The molecule has 10 heteroatoms. The summed E-state index contributed by atoms with van der Waals surface area (Å²) in [7, 11) is 0. The number of alkyl halides is 3. The largest absolute Gasteiger partial charge is 0.573 e. The Labute approximate surface area is 186 Å². The molecule has 176 valence electrons. The van der Waals surface area contributed by atoms with E-state index in [9.17, 15) is 33.0 Å². The number of phenolic OH excluding ortho intramolecular Hbond substituents is 1. The van der Waals surface area contributed by atoms with Crippen LogP contribution in [0.25, 0.3) is 10.9 Å². The van der Waals surface area contributed by atoms with Crippen molar-refractivity contribution >= 4 is 22.8 Å². The van der Waals surface area contributed by atoms with Gasteiger partial charge < -0.3 is 14.9 Å². The van der Waals surface area contributed by atoms with E-state index in [0.29, 0.717) is 0 Å². The first kappa shape index (κ1) is 24.1. The molecule has 0 aliphatic rings. The summed E-state index contributed by atoms with van der Waals surface area (Å²) >= 11 is 0. The molecule has 1 aromatic heterocycles. The van der Waals surface area contributed by atoms with Crippen molar-refractivity contribution in [2.75, 3.05) is 0 Å². The van der Waals surface area contributed by atoms with Crippen LogP contribution in [-0.4, -0.2) is 33.0 Å². The Morgan fingerprint density at radius 1 is 1.03 bits per heavy atom. The lowest BCUT2D eigenvalue weighted by Gasteiger charge is -2.28. The average Bonchev–Trinajstić information content (AvgIpc) is 2.95. The van der Waals surface area contributed by atoms with E-state index in [1.165, 1.54) is 13.0 Å². The van der Waals surface area contributed by atoms with Crippen LogP contribution in [-0.2, 0) is 4.79 Å². The second kappa shape index (κ2) is 8.09. The number of carbonyl (C=O) groups is 2. The van der Waals surface area contributed by atoms with Crippen LogP contribution < -0.4 is 4.74 Å². The van der Waals surface area contributed by atoms with Crippen molar-refractivity contribution in [1.82, 2.24) is 4.57 Å². The number of carboxylic acid groups (broad SMARTS) is 1. The molecule has 1 atom stereocenters. The minimum absolute atomic E-state index is 0.0221. The standard InChI is InChI=1S/C23H21F4NO5/c1-11-16(18(21(31)32)22(2,3)4)17-14(9-10-15(29)19(17)24)28(11)20(30)12-5-7-13(8-6-12)33-23(25,26)27/h5-10,18,29H,1-4H3,(H,31,32). The highest BCUT2D eigenvalue weighted by molar-refractivity contribution is 6.05. The number of aromatic hydroxyl groups is 1. The lowest BCUT2D eigenvalue weighted by Crippen LogP contribution is -2.27. The summed E-state index contributed by atoms with van der Waals surface area (Å²) in [5.41, 5.74) is -0.727. The third-order valence-corrected chi connectivity index (χ3v) is 5.27. The molecule has 3 aromatic rings. The van der Waals surface area contributed by atoms with Crippen molar-refractivity contribution in [3.8, 4) is 11.5 Å². The minimum Gasteiger partial charge on any atom is -0.505 e. The molecule has 0 aliphatic carbocycles. The third kappa shape index (κ3) is 4.50.